The number of aliphatic hydroxyl groups is 1. The van der Waals surface area contributed by atoms with Crippen molar-refractivity contribution in [3.63, 3.8) is 0 Å². The van der Waals surface area contributed by atoms with Crippen molar-refractivity contribution in [3.8, 4) is 23.0 Å². The van der Waals surface area contributed by atoms with Gasteiger partial charge in [0.2, 0.25) is 0 Å². The van der Waals surface area contributed by atoms with E-state index in [9.17, 15) is 19.8 Å². The minimum Gasteiger partial charge on any atom is -0.507 e. The van der Waals surface area contributed by atoms with E-state index in [4.69, 9.17) is 25.8 Å². The molecule has 1 heterocycles. The molecule has 3 aromatic carbocycles. The number of hydrogen-bond acceptors (Lipinski definition) is 7. The first-order chi connectivity index (χ1) is 17.8. The van der Waals surface area contributed by atoms with E-state index in [2.05, 4.69) is 0 Å². The molecule has 0 saturated carbocycles. The SMILES string of the molecule is CCOc1cc(C2/C(=C(/O)c3ccc(Cl)c(OC)c3)C(=O)C(=O)N2Cc2ccc(OC)cc2)ccc1O. The molecule has 9 heteroatoms. The Bertz CT molecular complexity index is 1370. The molecule has 0 aliphatic carbocycles. The number of amides is 1. The Kier molecular flexibility index (Phi) is 7.59. The zero-order chi connectivity index (χ0) is 26.7. The van der Waals surface area contributed by atoms with Crippen molar-refractivity contribution >= 4 is 29.1 Å². The number of Topliss-reactive ketones (excluding diaryl/α,β-unsaturated/α-hetero) is 1. The molecule has 1 amide bonds. The third-order valence-corrected chi connectivity index (χ3v) is 6.39. The van der Waals surface area contributed by atoms with Crippen molar-refractivity contribution in [1.82, 2.24) is 4.90 Å². The van der Waals surface area contributed by atoms with E-state index < -0.39 is 17.7 Å². The summed E-state index contributed by atoms with van der Waals surface area (Å²) in [7, 11) is 2.99. The first-order valence-electron chi connectivity index (χ1n) is 11.5. The third-order valence-electron chi connectivity index (χ3n) is 6.08. The van der Waals surface area contributed by atoms with Crippen LogP contribution in [-0.2, 0) is 16.1 Å². The van der Waals surface area contributed by atoms with Crippen LogP contribution in [0.3, 0.4) is 0 Å². The molecule has 0 bridgehead atoms. The molecule has 0 radical (unpaired) electrons. The lowest BCUT2D eigenvalue weighted by Gasteiger charge is -2.26. The highest BCUT2D eigenvalue weighted by molar-refractivity contribution is 6.46. The quantitative estimate of drug-likeness (QED) is 0.241. The van der Waals surface area contributed by atoms with Gasteiger partial charge in [-0.05, 0) is 60.5 Å². The van der Waals surface area contributed by atoms with E-state index in [1.807, 2.05) is 0 Å². The van der Waals surface area contributed by atoms with E-state index >= 15 is 0 Å². The fourth-order valence-electron chi connectivity index (χ4n) is 4.25. The second kappa shape index (κ2) is 10.8. The summed E-state index contributed by atoms with van der Waals surface area (Å²) >= 11 is 6.14. The summed E-state index contributed by atoms with van der Waals surface area (Å²) in [4.78, 5) is 28.0. The number of ether oxygens (including phenoxy) is 3. The molecule has 1 unspecified atom stereocenters. The number of phenolic OH excluding ortho intramolecular Hbond substituents is 1. The van der Waals surface area contributed by atoms with Crippen molar-refractivity contribution < 1.29 is 34.0 Å². The predicted octanol–water partition coefficient (Wildman–Crippen LogP) is 5.08. The lowest BCUT2D eigenvalue weighted by atomic mass is 9.94. The molecule has 0 spiro atoms. The zero-order valence-electron chi connectivity index (χ0n) is 20.5. The average Bonchev–Trinajstić information content (AvgIpc) is 3.15. The van der Waals surface area contributed by atoms with Crippen molar-refractivity contribution in [2.75, 3.05) is 20.8 Å². The van der Waals surface area contributed by atoms with Gasteiger partial charge in [-0.3, -0.25) is 9.59 Å². The molecule has 3 aromatic rings. The third kappa shape index (κ3) is 5.06. The Morgan fingerprint density at radius 2 is 1.70 bits per heavy atom. The predicted molar refractivity (Wildman–Crippen MR) is 138 cm³/mol. The summed E-state index contributed by atoms with van der Waals surface area (Å²) in [6.07, 6.45) is 0. The molecule has 1 saturated heterocycles. The zero-order valence-corrected chi connectivity index (χ0v) is 21.3. The van der Waals surface area contributed by atoms with E-state index in [1.54, 1.807) is 50.4 Å². The van der Waals surface area contributed by atoms with Crippen LogP contribution in [-0.4, -0.2) is 47.6 Å². The van der Waals surface area contributed by atoms with Gasteiger partial charge in [-0.2, -0.15) is 0 Å². The molecule has 4 rings (SSSR count). The maximum Gasteiger partial charge on any atom is 0.295 e. The van der Waals surface area contributed by atoms with Crippen LogP contribution in [0.2, 0.25) is 5.02 Å². The van der Waals surface area contributed by atoms with Gasteiger partial charge in [-0.15, -0.1) is 0 Å². The molecule has 1 atom stereocenters. The first-order valence-corrected chi connectivity index (χ1v) is 11.9. The van der Waals surface area contributed by atoms with Gasteiger partial charge in [-0.25, -0.2) is 0 Å². The second-order valence-electron chi connectivity index (χ2n) is 8.28. The highest BCUT2D eigenvalue weighted by Gasteiger charge is 2.46. The highest BCUT2D eigenvalue weighted by atomic mass is 35.5. The first kappa shape index (κ1) is 25.9. The Hall–Kier alpha value is -4.17. The number of benzene rings is 3. The van der Waals surface area contributed by atoms with E-state index in [1.165, 1.54) is 36.3 Å². The number of carbonyl (C=O) groups is 2. The molecule has 192 valence electrons. The number of aliphatic hydroxyl groups excluding tert-OH is 1. The van der Waals surface area contributed by atoms with Crippen LogP contribution in [0.1, 0.15) is 29.7 Å². The summed E-state index contributed by atoms with van der Waals surface area (Å²) in [5.74, 6) is -0.910. The van der Waals surface area contributed by atoms with Crippen molar-refractivity contribution in [2.24, 2.45) is 0 Å². The number of methoxy groups -OCH3 is 2. The molecule has 0 aromatic heterocycles. The van der Waals surface area contributed by atoms with Crippen LogP contribution in [0.25, 0.3) is 5.76 Å². The summed E-state index contributed by atoms with van der Waals surface area (Å²) in [5, 5.41) is 21.9. The van der Waals surface area contributed by atoms with Gasteiger partial charge in [-0.1, -0.05) is 29.8 Å². The number of hydrogen-bond donors (Lipinski definition) is 2. The number of likely N-dealkylation sites (tertiary alicyclic amines) is 1. The molecular formula is C28H26ClNO7. The minimum atomic E-state index is -0.955. The number of aromatic hydroxyl groups is 1. The van der Waals surface area contributed by atoms with Gasteiger partial charge in [0.1, 0.15) is 17.3 Å². The summed E-state index contributed by atoms with van der Waals surface area (Å²) in [6, 6.07) is 15.3. The highest BCUT2D eigenvalue weighted by Crippen LogP contribution is 2.43. The van der Waals surface area contributed by atoms with Gasteiger partial charge < -0.3 is 29.3 Å². The van der Waals surface area contributed by atoms with Gasteiger partial charge in [0.15, 0.2) is 11.5 Å². The minimum absolute atomic E-state index is 0.0832. The monoisotopic (exact) mass is 523 g/mol. The molecular weight excluding hydrogens is 498 g/mol. The largest absolute Gasteiger partial charge is 0.507 e. The summed E-state index contributed by atoms with van der Waals surface area (Å²) in [6.45, 7) is 2.16. The van der Waals surface area contributed by atoms with E-state index in [0.29, 0.717) is 28.7 Å². The lowest BCUT2D eigenvalue weighted by molar-refractivity contribution is -0.140. The molecule has 2 N–H and O–H groups in total. The lowest BCUT2D eigenvalue weighted by Crippen LogP contribution is -2.29. The Balaban J connectivity index is 1.88. The van der Waals surface area contributed by atoms with Crippen LogP contribution in [0.4, 0.5) is 0 Å². The maximum absolute atomic E-state index is 13.3. The smallest absolute Gasteiger partial charge is 0.295 e. The average molecular weight is 524 g/mol. The van der Waals surface area contributed by atoms with Crippen LogP contribution in [0, 0.1) is 0 Å². The molecule has 1 aliphatic heterocycles. The number of halogens is 1. The number of nitrogens with zero attached hydrogens (tertiary/aromatic N) is 1. The van der Waals surface area contributed by atoms with Crippen LogP contribution in [0.5, 0.6) is 23.0 Å². The number of phenols is 1. The van der Waals surface area contributed by atoms with Crippen molar-refractivity contribution in [2.45, 2.75) is 19.5 Å². The van der Waals surface area contributed by atoms with E-state index in [-0.39, 0.29) is 34.9 Å². The maximum atomic E-state index is 13.3. The molecule has 1 fully saturated rings. The second-order valence-corrected chi connectivity index (χ2v) is 8.69. The summed E-state index contributed by atoms with van der Waals surface area (Å²) < 4.78 is 16.0. The number of carbonyl (C=O) groups excluding carboxylic acids is 2. The Morgan fingerprint density at radius 1 is 0.973 bits per heavy atom. The fourth-order valence-corrected chi connectivity index (χ4v) is 4.45. The standard InChI is InChI=1S/C28H26ClNO7/c1-4-37-23-13-17(8-12-21(23)31)25-24(26(32)18-7-11-20(29)22(14-18)36-3)27(33)28(34)30(25)15-16-5-9-19(35-2)10-6-16/h5-14,25,31-32H,4,15H2,1-3H3/b26-24-. The van der Waals surface area contributed by atoms with E-state index in [0.717, 1.165) is 5.56 Å². The Labute approximate surface area is 219 Å². The van der Waals surface area contributed by atoms with Crippen molar-refractivity contribution in [1.29, 1.82) is 0 Å². The molecule has 37 heavy (non-hydrogen) atoms. The van der Waals surface area contributed by atoms with Crippen LogP contribution >= 0.6 is 11.6 Å². The van der Waals surface area contributed by atoms with Crippen LogP contribution in [0.15, 0.2) is 66.2 Å². The fraction of sp³-hybridized carbons (Fsp3) is 0.214. The normalized spacial score (nSPS) is 16.6. The summed E-state index contributed by atoms with van der Waals surface area (Å²) in [5.41, 5.74) is 1.40. The van der Waals surface area contributed by atoms with Gasteiger partial charge in [0, 0.05) is 12.1 Å². The van der Waals surface area contributed by atoms with Crippen molar-refractivity contribution in [3.05, 3.63) is 87.9 Å². The molecule has 1 aliphatic rings. The molecule has 8 nitrogen and oxygen atoms in total. The van der Waals surface area contributed by atoms with Gasteiger partial charge in [0.05, 0.1) is 37.5 Å². The van der Waals surface area contributed by atoms with Gasteiger partial charge in [0.25, 0.3) is 11.7 Å². The van der Waals surface area contributed by atoms with Crippen LogP contribution < -0.4 is 14.2 Å². The van der Waals surface area contributed by atoms with Gasteiger partial charge >= 0.3 is 0 Å². The number of ketones is 1. The topological polar surface area (TPSA) is 106 Å². The number of rotatable bonds is 8. The Morgan fingerprint density at radius 3 is 2.35 bits per heavy atom.